The maximum Gasteiger partial charge on any atom is 0.0434 e. The van der Waals surface area contributed by atoms with Gasteiger partial charge in [0.1, 0.15) is 0 Å². The van der Waals surface area contributed by atoms with Gasteiger partial charge in [0.15, 0.2) is 0 Å². The van der Waals surface area contributed by atoms with Crippen LogP contribution in [0.4, 0.5) is 0 Å². The number of thioether (sulfide) groups is 1. The lowest BCUT2D eigenvalue weighted by molar-refractivity contribution is 0.932. The molecular weight excluding hydrogens is 168 g/mol. The first-order valence-corrected chi connectivity index (χ1v) is 5.15. The number of aromatic nitrogens is 1. The number of hydrogen-bond donors (Lipinski definition) is 1. The van der Waals surface area contributed by atoms with E-state index in [2.05, 4.69) is 18.0 Å². The molecule has 66 valence electrons. The molecule has 1 unspecified atom stereocenters. The van der Waals surface area contributed by atoms with Crippen molar-refractivity contribution in [3.8, 4) is 0 Å². The molecule has 3 heteroatoms. The minimum absolute atomic E-state index is 0.406. The van der Waals surface area contributed by atoms with Gasteiger partial charge in [-0.05, 0) is 17.4 Å². The molecule has 0 fully saturated rings. The third-order valence-electron chi connectivity index (χ3n) is 1.64. The second-order valence-corrected chi connectivity index (χ2v) is 3.95. The summed E-state index contributed by atoms with van der Waals surface area (Å²) in [7, 11) is 0. The van der Waals surface area contributed by atoms with Gasteiger partial charge in [-0.15, -0.1) is 0 Å². The van der Waals surface area contributed by atoms with Crippen molar-refractivity contribution < 1.29 is 0 Å². The fraction of sp³-hybridized carbons (Fsp3) is 0.444. The molecule has 1 aromatic rings. The molecule has 1 rings (SSSR count). The molecule has 0 amide bonds. The highest BCUT2D eigenvalue weighted by atomic mass is 32.2. The van der Waals surface area contributed by atoms with E-state index in [1.54, 1.807) is 6.20 Å². The summed E-state index contributed by atoms with van der Waals surface area (Å²) in [5.41, 5.74) is 6.87. The summed E-state index contributed by atoms with van der Waals surface area (Å²) in [6.07, 6.45) is 3.67. The highest BCUT2D eigenvalue weighted by Gasteiger charge is 2.07. The Morgan fingerprint density at radius 3 is 3.00 bits per heavy atom. The predicted octanol–water partition coefficient (Wildman–Crippen LogP) is 1.83. The first kappa shape index (κ1) is 9.55. The molecule has 0 aliphatic heterocycles. The Kier molecular flexibility index (Phi) is 4.11. The molecule has 2 nitrogen and oxygen atoms in total. The van der Waals surface area contributed by atoms with Gasteiger partial charge < -0.3 is 5.73 Å². The quantitative estimate of drug-likeness (QED) is 0.772. The van der Waals surface area contributed by atoms with Gasteiger partial charge in [-0.25, -0.2) is 0 Å². The molecule has 0 aliphatic rings. The maximum absolute atomic E-state index is 5.64. The Bertz CT molecular complexity index is 213. The van der Waals surface area contributed by atoms with E-state index in [1.165, 1.54) is 5.56 Å². The van der Waals surface area contributed by atoms with Gasteiger partial charge in [0.05, 0.1) is 0 Å². The fourth-order valence-corrected chi connectivity index (χ4v) is 1.94. The van der Waals surface area contributed by atoms with Crippen LogP contribution < -0.4 is 5.73 Å². The summed E-state index contributed by atoms with van der Waals surface area (Å²) in [6, 6.07) is 4.03. The highest BCUT2D eigenvalue weighted by molar-refractivity contribution is 7.99. The number of pyridine rings is 1. The number of nitrogens with zero attached hydrogens (tertiary/aromatic N) is 1. The molecule has 0 spiro atoms. The summed E-state index contributed by atoms with van der Waals surface area (Å²) in [4.78, 5) is 4.07. The monoisotopic (exact) mass is 182 g/mol. The first-order valence-electron chi connectivity index (χ1n) is 4.10. The largest absolute Gasteiger partial charge is 0.329 e. The second-order valence-electron chi connectivity index (χ2n) is 2.47. The standard InChI is InChI=1S/C9H14N2S/c1-2-12-9(6-10)8-4-3-5-11-7-8/h3-5,7,9H,2,6,10H2,1H3. The molecule has 1 aromatic heterocycles. The van der Waals surface area contributed by atoms with Crippen molar-refractivity contribution in [3.05, 3.63) is 30.1 Å². The van der Waals surface area contributed by atoms with Crippen molar-refractivity contribution in [2.24, 2.45) is 5.73 Å². The molecule has 12 heavy (non-hydrogen) atoms. The van der Waals surface area contributed by atoms with Crippen LogP contribution in [0.15, 0.2) is 24.5 Å². The van der Waals surface area contributed by atoms with Crippen LogP contribution >= 0.6 is 11.8 Å². The van der Waals surface area contributed by atoms with Gasteiger partial charge in [0.25, 0.3) is 0 Å². The molecule has 1 atom stereocenters. The van der Waals surface area contributed by atoms with Gasteiger partial charge in [-0.1, -0.05) is 13.0 Å². The Hall–Kier alpha value is -0.540. The lowest BCUT2D eigenvalue weighted by Crippen LogP contribution is -2.09. The molecule has 0 aromatic carbocycles. The number of hydrogen-bond acceptors (Lipinski definition) is 3. The summed E-state index contributed by atoms with van der Waals surface area (Å²) >= 11 is 1.86. The van der Waals surface area contributed by atoms with Crippen LogP contribution in [0.25, 0.3) is 0 Å². The van der Waals surface area contributed by atoms with Crippen molar-refractivity contribution >= 4 is 11.8 Å². The zero-order valence-corrected chi connectivity index (χ0v) is 8.05. The zero-order chi connectivity index (χ0) is 8.81. The average Bonchev–Trinajstić information content (AvgIpc) is 2.15. The molecule has 0 saturated carbocycles. The van der Waals surface area contributed by atoms with Crippen LogP contribution in [0.1, 0.15) is 17.7 Å². The van der Waals surface area contributed by atoms with Crippen LogP contribution in [-0.2, 0) is 0 Å². The van der Waals surface area contributed by atoms with Crippen molar-refractivity contribution in [3.63, 3.8) is 0 Å². The normalized spacial score (nSPS) is 12.8. The summed E-state index contributed by atoms with van der Waals surface area (Å²) in [5.74, 6) is 1.09. The molecule has 0 saturated heterocycles. The van der Waals surface area contributed by atoms with Gasteiger partial charge in [-0.2, -0.15) is 11.8 Å². The van der Waals surface area contributed by atoms with Gasteiger partial charge in [-0.3, -0.25) is 4.98 Å². The van der Waals surface area contributed by atoms with Crippen molar-refractivity contribution in [2.75, 3.05) is 12.3 Å². The molecular formula is C9H14N2S. The maximum atomic E-state index is 5.64. The van der Waals surface area contributed by atoms with Crippen LogP contribution in [0.5, 0.6) is 0 Å². The SMILES string of the molecule is CCSC(CN)c1cccnc1. The van der Waals surface area contributed by atoms with Crippen LogP contribution in [0.2, 0.25) is 0 Å². The van der Waals surface area contributed by atoms with E-state index >= 15 is 0 Å². The predicted molar refractivity (Wildman–Crippen MR) is 54.2 cm³/mol. The third kappa shape index (κ3) is 2.50. The lowest BCUT2D eigenvalue weighted by Gasteiger charge is -2.12. The van der Waals surface area contributed by atoms with Crippen molar-refractivity contribution in [1.29, 1.82) is 0 Å². The summed E-state index contributed by atoms with van der Waals surface area (Å²) in [5, 5.41) is 0.406. The van der Waals surface area contributed by atoms with E-state index in [9.17, 15) is 0 Å². The number of nitrogens with two attached hydrogens (primary N) is 1. The minimum atomic E-state index is 0.406. The highest BCUT2D eigenvalue weighted by Crippen LogP contribution is 2.26. The number of rotatable bonds is 4. The molecule has 0 radical (unpaired) electrons. The Morgan fingerprint density at radius 1 is 1.67 bits per heavy atom. The van der Waals surface area contributed by atoms with Crippen molar-refractivity contribution in [1.82, 2.24) is 4.98 Å². The van der Waals surface area contributed by atoms with E-state index in [1.807, 2.05) is 24.0 Å². The third-order valence-corrected chi connectivity index (χ3v) is 2.84. The fourth-order valence-electron chi connectivity index (χ4n) is 1.07. The molecule has 0 bridgehead atoms. The van der Waals surface area contributed by atoms with Gasteiger partial charge in [0, 0.05) is 24.2 Å². The Balaban J connectivity index is 2.66. The molecule has 2 N–H and O–H groups in total. The zero-order valence-electron chi connectivity index (χ0n) is 7.23. The molecule has 1 heterocycles. The summed E-state index contributed by atoms with van der Waals surface area (Å²) < 4.78 is 0. The van der Waals surface area contributed by atoms with E-state index in [4.69, 9.17) is 5.73 Å². The van der Waals surface area contributed by atoms with Gasteiger partial charge >= 0.3 is 0 Å². The van der Waals surface area contributed by atoms with Crippen molar-refractivity contribution in [2.45, 2.75) is 12.2 Å². The smallest absolute Gasteiger partial charge is 0.0434 e. The van der Waals surface area contributed by atoms with E-state index < -0.39 is 0 Å². The topological polar surface area (TPSA) is 38.9 Å². The first-order chi connectivity index (χ1) is 5.88. The Morgan fingerprint density at radius 2 is 2.50 bits per heavy atom. The van der Waals surface area contributed by atoms with E-state index in [-0.39, 0.29) is 0 Å². The average molecular weight is 182 g/mol. The molecule has 0 aliphatic carbocycles. The minimum Gasteiger partial charge on any atom is -0.329 e. The van der Waals surface area contributed by atoms with Crippen LogP contribution in [0.3, 0.4) is 0 Å². The Labute approximate surface area is 77.6 Å². The van der Waals surface area contributed by atoms with Gasteiger partial charge in [0.2, 0.25) is 0 Å². The summed E-state index contributed by atoms with van der Waals surface area (Å²) in [6.45, 7) is 2.83. The van der Waals surface area contributed by atoms with Crippen LogP contribution in [0, 0.1) is 0 Å². The van der Waals surface area contributed by atoms with Crippen LogP contribution in [-0.4, -0.2) is 17.3 Å². The lowest BCUT2D eigenvalue weighted by atomic mass is 10.2. The van der Waals surface area contributed by atoms with E-state index in [0.717, 1.165) is 5.75 Å². The second kappa shape index (κ2) is 5.17. The van der Waals surface area contributed by atoms with E-state index in [0.29, 0.717) is 11.8 Å².